The number of primary amides is 1. The third kappa shape index (κ3) is 4.86. The highest BCUT2D eigenvalue weighted by atomic mass is 32.2. The van der Waals surface area contributed by atoms with Gasteiger partial charge in [-0.05, 0) is 60.3 Å². The molecule has 0 saturated carbocycles. The summed E-state index contributed by atoms with van der Waals surface area (Å²) in [7, 11) is 0. The molecular formula is C22H22N4O4S2. The lowest BCUT2D eigenvalue weighted by Gasteiger charge is -2.22. The molecule has 2 aliphatic heterocycles. The number of nitrogens with zero attached hydrogens (tertiary/aromatic N) is 2. The van der Waals surface area contributed by atoms with Crippen molar-refractivity contribution in [3.63, 3.8) is 0 Å². The second kappa shape index (κ2) is 9.58. The first-order valence-corrected chi connectivity index (χ1v) is 11.9. The van der Waals surface area contributed by atoms with Gasteiger partial charge in [-0.2, -0.15) is 0 Å². The van der Waals surface area contributed by atoms with Gasteiger partial charge in [-0.1, -0.05) is 6.07 Å². The maximum Gasteiger partial charge on any atom is 0.293 e. The predicted octanol–water partition coefficient (Wildman–Crippen LogP) is 3.51. The molecule has 2 fully saturated rings. The summed E-state index contributed by atoms with van der Waals surface area (Å²) in [6.07, 6.45) is 3.75. The molecule has 3 heterocycles. The van der Waals surface area contributed by atoms with Crippen LogP contribution in [0, 0.1) is 0 Å². The number of carbonyl (C=O) groups is 4. The van der Waals surface area contributed by atoms with E-state index in [1.807, 2.05) is 17.5 Å². The van der Waals surface area contributed by atoms with Gasteiger partial charge >= 0.3 is 0 Å². The molecule has 0 radical (unpaired) electrons. The van der Waals surface area contributed by atoms with E-state index in [1.54, 1.807) is 24.3 Å². The lowest BCUT2D eigenvalue weighted by molar-refractivity contribution is -0.123. The first-order chi connectivity index (χ1) is 15.4. The highest BCUT2D eigenvalue weighted by molar-refractivity contribution is 8.18. The van der Waals surface area contributed by atoms with E-state index < -0.39 is 11.8 Å². The molecule has 0 aliphatic carbocycles. The number of amides is 4. The molecule has 4 amide bonds. The van der Waals surface area contributed by atoms with Gasteiger partial charge in [0.15, 0.2) is 0 Å². The SMILES string of the molecule is NC(=O)c1ccc(N2CCCC2)c(NC(=O)CCN2C(=O)S/C(=C/c3cccs3)C2=O)c1. The van der Waals surface area contributed by atoms with E-state index in [9.17, 15) is 19.2 Å². The van der Waals surface area contributed by atoms with Crippen molar-refractivity contribution in [3.05, 3.63) is 51.1 Å². The van der Waals surface area contributed by atoms with Crippen LogP contribution in [0.2, 0.25) is 0 Å². The number of anilines is 2. The van der Waals surface area contributed by atoms with Crippen molar-refractivity contribution in [2.45, 2.75) is 19.3 Å². The van der Waals surface area contributed by atoms with Crippen LogP contribution in [0.5, 0.6) is 0 Å². The zero-order valence-electron chi connectivity index (χ0n) is 17.2. The lowest BCUT2D eigenvalue weighted by atomic mass is 10.1. The number of hydrogen-bond acceptors (Lipinski definition) is 7. The predicted molar refractivity (Wildman–Crippen MR) is 127 cm³/mol. The number of rotatable bonds is 7. The van der Waals surface area contributed by atoms with Crippen LogP contribution in [0.4, 0.5) is 16.2 Å². The Morgan fingerprint density at radius 1 is 1.16 bits per heavy atom. The van der Waals surface area contributed by atoms with Crippen LogP contribution in [0.25, 0.3) is 6.08 Å². The fourth-order valence-electron chi connectivity index (χ4n) is 3.64. The molecule has 1 aromatic heterocycles. The van der Waals surface area contributed by atoms with Crippen molar-refractivity contribution >= 4 is 63.5 Å². The van der Waals surface area contributed by atoms with Crippen molar-refractivity contribution in [1.82, 2.24) is 4.90 Å². The summed E-state index contributed by atoms with van der Waals surface area (Å²) < 4.78 is 0. The number of benzene rings is 1. The quantitative estimate of drug-likeness (QED) is 0.599. The van der Waals surface area contributed by atoms with Crippen molar-refractivity contribution in [2.75, 3.05) is 29.9 Å². The smallest absolute Gasteiger partial charge is 0.293 e. The van der Waals surface area contributed by atoms with Gasteiger partial charge in [-0.15, -0.1) is 11.3 Å². The molecule has 0 unspecified atom stereocenters. The molecule has 8 nitrogen and oxygen atoms in total. The molecule has 0 spiro atoms. The molecule has 2 aliphatic rings. The first kappa shape index (κ1) is 22.1. The Morgan fingerprint density at radius 2 is 1.94 bits per heavy atom. The monoisotopic (exact) mass is 470 g/mol. The molecule has 1 aromatic carbocycles. The van der Waals surface area contributed by atoms with Gasteiger partial charge in [0.2, 0.25) is 11.8 Å². The van der Waals surface area contributed by atoms with Gasteiger partial charge in [-0.25, -0.2) is 0 Å². The first-order valence-electron chi connectivity index (χ1n) is 10.2. The maximum atomic E-state index is 12.7. The minimum atomic E-state index is -0.580. The molecule has 0 bridgehead atoms. The maximum absolute atomic E-state index is 12.7. The van der Waals surface area contributed by atoms with Crippen molar-refractivity contribution in [3.8, 4) is 0 Å². The van der Waals surface area contributed by atoms with Gasteiger partial charge in [-0.3, -0.25) is 24.1 Å². The fourth-order valence-corrected chi connectivity index (χ4v) is 5.23. The minimum Gasteiger partial charge on any atom is -0.370 e. The lowest BCUT2D eigenvalue weighted by Crippen LogP contribution is -2.31. The Hall–Kier alpha value is -3.11. The number of carbonyl (C=O) groups excluding carboxylic acids is 4. The highest BCUT2D eigenvalue weighted by Crippen LogP contribution is 2.33. The summed E-state index contributed by atoms with van der Waals surface area (Å²) in [4.78, 5) is 53.6. The average molecular weight is 471 g/mol. The third-order valence-corrected chi connectivity index (χ3v) is 6.98. The van der Waals surface area contributed by atoms with Crippen molar-refractivity contribution in [2.24, 2.45) is 5.73 Å². The van der Waals surface area contributed by atoms with E-state index in [2.05, 4.69) is 10.2 Å². The van der Waals surface area contributed by atoms with E-state index in [-0.39, 0.29) is 24.1 Å². The van der Waals surface area contributed by atoms with E-state index in [1.165, 1.54) is 11.3 Å². The Kier molecular flexibility index (Phi) is 6.61. The van der Waals surface area contributed by atoms with Crippen LogP contribution >= 0.6 is 23.1 Å². The number of hydrogen-bond donors (Lipinski definition) is 2. The van der Waals surface area contributed by atoms with Gasteiger partial charge in [0.05, 0.1) is 16.3 Å². The summed E-state index contributed by atoms with van der Waals surface area (Å²) in [5, 5.41) is 4.33. The van der Waals surface area contributed by atoms with Crippen LogP contribution in [0.1, 0.15) is 34.5 Å². The summed E-state index contributed by atoms with van der Waals surface area (Å²) in [5.74, 6) is -1.33. The van der Waals surface area contributed by atoms with E-state index in [0.717, 1.165) is 53.2 Å². The standard InChI is InChI=1S/C22H22N4O4S2/c23-20(28)14-5-6-17(25-8-1-2-9-25)16(12-14)24-19(27)7-10-26-21(29)18(32-22(26)30)13-15-4-3-11-31-15/h3-6,11-13H,1-2,7-10H2,(H2,23,28)(H,24,27)/b18-13+. The van der Waals surface area contributed by atoms with Crippen molar-refractivity contribution < 1.29 is 19.2 Å². The molecule has 0 atom stereocenters. The number of nitrogens with two attached hydrogens (primary N) is 1. The average Bonchev–Trinajstić information content (AvgIpc) is 3.51. The second-order valence-corrected chi connectivity index (χ2v) is 9.41. The van der Waals surface area contributed by atoms with Gasteiger partial charge < -0.3 is 16.0 Å². The molecule has 2 saturated heterocycles. The van der Waals surface area contributed by atoms with Crippen LogP contribution in [-0.4, -0.2) is 47.5 Å². The van der Waals surface area contributed by atoms with Gasteiger partial charge in [0.1, 0.15) is 0 Å². The number of thiophene rings is 1. The molecule has 3 N–H and O–H groups in total. The summed E-state index contributed by atoms with van der Waals surface area (Å²) in [6.45, 7) is 1.71. The zero-order chi connectivity index (χ0) is 22.7. The largest absolute Gasteiger partial charge is 0.370 e. The Morgan fingerprint density at radius 3 is 2.62 bits per heavy atom. The van der Waals surface area contributed by atoms with Crippen molar-refractivity contribution in [1.29, 1.82) is 0 Å². The van der Waals surface area contributed by atoms with Gasteiger partial charge in [0, 0.05) is 36.5 Å². The molecule has 4 rings (SSSR count). The fraction of sp³-hybridized carbons (Fsp3) is 0.273. The van der Waals surface area contributed by atoms with Crippen LogP contribution < -0.4 is 16.0 Å². The van der Waals surface area contributed by atoms with Crippen LogP contribution in [0.3, 0.4) is 0 Å². The molecule has 2 aromatic rings. The van der Waals surface area contributed by atoms with E-state index in [4.69, 9.17) is 5.73 Å². The number of imide groups is 1. The Balaban J connectivity index is 1.43. The van der Waals surface area contributed by atoms with Crippen LogP contribution in [0.15, 0.2) is 40.6 Å². The number of nitrogens with one attached hydrogen (secondary N) is 1. The summed E-state index contributed by atoms with van der Waals surface area (Å²) >= 11 is 2.35. The highest BCUT2D eigenvalue weighted by Gasteiger charge is 2.35. The normalized spacial score (nSPS) is 17.4. The Labute approximate surface area is 193 Å². The number of thioether (sulfide) groups is 1. The van der Waals surface area contributed by atoms with E-state index >= 15 is 0 Å². The molecular weight excluding hydrogens is 448 g/mol. The zero-order valence-corrected chi connectivity index (χ0v) is 18.8. The topological polar surface area (TPSA) is 113 Å². The summed E-state index contributed by atoms with van der Waals surface area (Å²) in [5.41, 5.74) is 7.02. The molecule has 166 valence electrons. The molecule has 10 heteroatoms. The minimum absolute atomic E-state index is 0.0210. The second-order valence-electron chi connectivity index (χ2n) is 7.44. The van der Waals surface area contributed by atoms with Crippen LogP contribution in [-0.2, 0) is 9.59 Å². The summed E-state index contributed by atoms with van der Waals surface area (Å²) in [6, 6.07) is 8.73. The Bertz CT molecular complexity index is 1090. The molecule has 32 heavy (non-hydrogen) atoms. The van der Waals surface area contributed by atoms with E-state index in [0.29, 0.717) is 16.2 Å². The third-order valence-electron chi connectivity index (χ3n) is 5.25. The van der Waals surface area contributed by atoms with Gasteiger partial charge in [0.25, 0.3) is 11.1 Å².